The number of thiol groups is 1. The van der Waals surface area contributed by atoms with Crippen molar-refractivity contribution in [3.63, 3.8) is 0 Å². The van der Waals surface area contributed by atoms with Gasteiger partial charge in [0.25, 0.3) is 0 Å². The zero-order valence-corrected chi connectivity index (χ0v) is 9.31. The van der Waals surface area contributed by atoms with Gasteiger partial charge in [-0.2, -0.15) is 12.6 Å². The van der Waals surface area contributed by atoms with Gasteiger partial charge in [-0.05, 0) is 51.1 Å². The molecule has 1 aliphatic heterocycles. The van der Waals surface area contributed by atoms with Crippen molar-refractivity contribution in [3.8, 4) is 0 Å². The van der Waals surface area contributed by atoms with E-state index in [1.165, 1.54) is 51.7 Å². The average molecular weight is 202 g/mol. The van der Waals surface area contributed by atoms with Gasteiger partial charge in [0.1, 0.15) is 0 Å². The molecular formula is C10H22N2S. The van der Waals surface area contributed by atoms with E-state index in [-0.39, 0.29) is 0 Å². The smallest absolute Gasteiger partial charge is 0.00510 e. The molecule has 2 N–H and O–H groups in total. The Morgan fingerprint density at radius 1 is 1.23 bits per heavy atom. The predicted octanol–water partition coefficient (Wildman–Crippen LogP) is 1.51. The molecule has 13 heavy (non-hydrogen) atoms. The molecule has 0 radical (unpaired) electrons. The van der Waals surface area contributed by atoms with E-state index in [2.05, 4.69) is 17.5 Å². The maximum atomic E-state index is 5.95. The van der Waals surface area contributed by atoms with Gasteiger partial charge in [0.05, 0.1) is 0 Å². The fourth-order valence-electron chi connectivity index (χ4n) is 1.86. The first-order chi connectivity index (χ1) is 6.33. The van der Waals surface area contributed by atoms with Gasteiger partial charge < -0.3 is 10.6 Å². The molecule has 0 aromatic carbocycles. The third-order valence-electron chi connectivity index (χ3n) is 2.75. The minimum atomic E-state index is 0.443. The van der Waals surface area contributed by atoms with E-state index in [1.807, 2.05) is 0 Å². The minimum absolute atomic E-state index is 0.443. The highest BCUT2D eigenvalue weighted by Crippen LogP contribution is 2.10. The van der Waals surface area contributed by atoms with E-state index in [4.69, 9.17) is 5.73 Å². The molecule has 1 rings (SSSR count). The van der Waals surface area contributed by atoms with Crippen molar-refractivity contribution >= 4 is 12.6 Å². The van der Waals surface area contributed by atoms with E-state index in [1.54, 1.807) is 0 Å². The third kappa shape index (κ3) is 4.89. The van der Waals surface area contributed by atoms with Crippen LogP contribution in [0.1, 0.15) is 32.1 Å². The van der Waals surface area contributed by atoms with Gasteiger partial charge in [-0.25, -0.2) is 0 Å². The molecule has 0 aromatic heterocycles. The van der Waals surface area contributed by atoms with E-state index in [0.29, 0.717) is 6.04 Å². The number of hydrogen-bond donors (Lipinski definition) is 2. The highest BCUT2D eigenvalue weighted by molar-refractivity contribution is 7.80. The molecule has 1 atom stereocenters. The van der Waals surface area contributed by atoms with Crippen molar-refractivity contribution in [1.29, 1.82) is 0 Å². The van der Waals surface area contributed by atoms with Gasteiger partial charge in [-0.3, -0.25) is 0 Å². The Morgan fingerprint density at radius 3 is 2.85 bits per heavy atom. The maximum absolute atomic E-state index is 5.95. The molecule has 0 aliphatic carbocycles. The number of nitrogens with two attached hydrogens (primary N) is 1. The lowest BCUT2D eigenvalue weighted by Crippen LogP contribution is -2.34. The summed E-state index contributed by atoms with van der Waals surface area (Å²) in [4.78, 5) is 2.54. The summed E-state index contributed by atoms with van der Waals surface area (Å²) in [5.41, 5.74) is 5.95. The lowest BCUT2D eigenvalue weighted by molar-refractivity contribution is 0.239. The van der Waals surface area contributed by atoms with Crippen LogP contribution in [0.4, 0.5) is 0 Å². The largest absolute Gasteiger partial charge is 0.328 e. The number of likely N-dealkylation sites (tertiary alicyclic amines) is 1. The van der Waals surface area contributed by atoms with Gasteiger partial charge in [0.2, 0.25) is 0 Å². The van der Waals surface area contributed by atoms with Crippen molar-refractivity contribution in [3.05, 3.63) is 0 Å². The van der Waals surface area contributed by atoms with Crippen LogP contribution >= 0.6 is 12.6 Å². The normalized spacial score (nSPS) is 26.8. The van der Waals surface area contributed by atoms with Crippen LogP contribution in [0.2, 0.25) is 0 Å². The number of rotatable bonds is 3. The van der Waals surface area contributed by atoms with Gasteiger partial charge in [0, 0.05) is 6.04 Å². The number of nitrogens with zero attached hydrogens (tertiary/aromatic N) is 1. The van der Waals surface area contributed by atoms with Gasteiger partial charge in [-0.1, -0.05) is 6.42 Å². The standard InChI is InChI=1S/C10H22N2S/c11-10-4-1-2-6-12(8-5-10)7-3-9-13/h10,13H,1-9,11H2. The lowest BCUT2D eigenvalue weighted by Gasteiger charge is -2.26. The van der Waals surface area contributed by atoms with Crippen LogP contribution < -0.4 is 5.73 Å². The SMILES string of the molecule is NC1CCCCN(CCCS)CC1. The Morgan fingerprint density at radius 2 is 2.08 bits per heavy atom. The first-order valence-electron chi connectivity index (χ1n) is 5.41. The van der Waals surface area contributed by atoms with Crippen molar-refractivity contribution in [2.24, 2.45) is 5.73 Å². The van der Waals surface area contributed by atoms with E-state index in [9.17, 15) is 0 Å². The molecule has 1 heterocycles. The molecule has 1 unspecified atom stereocenters. The Kier molecular flexibility index (Phi) is 5.83. The molecule has 0 bridgehead atoms. The first kappa shape index (κ1) is 11.3. The molecule has 1 saturated heterocycles. The molecule has 2 nitrogen and oxygen atoms in total. The third-order valence-corrected chi connectivity index (χ3v) is 3.06. The quantitative estimate of drug-likeness (QED) is 0.679. The molecule has 78 valence electrons. The van der Waals surface area contributed by atoms with Crippen molar-refractivity contribution < 1.29 is 0 Å². The second-order valence-electron chi connectivity index (χ2n) is 3.96. The van der Waals surface area contributed by atoms with Crippen LogP contribution in [0.3, 0.4) is 0 Å². The highest BCUT2D eigenvalue weighted by Gasteiger charge is 2.11. The summed E-state index contributed by atoms with van der Waals surface area (Å²) in [6.07, 6.45) is 6.23. The van der Waals surface area contributed by atoms with E-state index >= 15 is 0 Å². The second kappa shape index (κ2) is 6.68. The van der Waals surface area contributed by atoms with Crippen LogP contribution in [0.25, 0.3) is 0 Å². The zero-order chi connectivity index (χ0) is 9.52. The monoisotopic (exact) mass is 202 g/mol. The van der Waals surface area contributed by atoms with Crippen LogP contribution in [0.15, 0.2) is 0 Å². The fourth-order valence-corrected chi connectivity index (χ4v) is 2.01. The molecular weight excluding hydrogens is 180 g/mol. The lowest BCUT2D eigenvalue weighted by atomic mass is 10.0. The number of hydrogen-bond acceptors (Lipinski definition) is 3. The van der Waals surface area contributed by atoms with E-state index < -0.39 is 0 Å². The molecule has 1 fully saturated rings. The highest BCUT2D eigenvalue weighted by atomic mass is 32.1. The van der Waals surface area contributed by atoms with Crippen molar-refractivity contribution in [2.75, 3.05) is 25.4 Å². The predicted molar refractivity (Wildman–Crippen MR) is 61.4 cm³/mol. The Labute approximate surface area is 87.3 Å². The molecule has 1 aliphatic rings. The first-order valence-corrected chi connectivity index (χ1v) is 6.05. The van der Waals surface area contributed by atoms with Crippen molar-refractivity contribution in [1.82, 2.24) is 4.90 Å². The maximum Gasteiger partial charge on any atom is 0.00510 e. The summed E-state index contributed by atoms with van der Waals surface area (Å²) in [5.74, 6) is 1.00. The molecule has 0 spiro atoms. The van der Waals surface area contributed by atoms with Gasteiger partial charge in [0.15, 0.2) is 0 Å². The summed E-state index contributed by atoms with van der Waals surface area (Å²) < 4.78 is 0. The van der Waals surface area contributed by atoms with Crippen LogP contribution in [0.5, 0.6) is 0 Å². The Bertz CT molecular complexity index is 128. The zero-order valence-electron chi connectivity index (χ0n) is 8.41. The Hall–Kier alpha value is 0.270. The minimum Gasteiger partial charge on any atom is -0.328 e. The molecule has 3 heteroatoms. The topological polar surface area (TPSA) is 29.3 Å². The van der Waals surface area contributed by atoms with Crippen LogP contribution in [-0.2, 0) is 0 Å². The molecule has 0 saturated carbocycles. The van der Waals surface area contributed by atoms with Gasteiger partial charge in [-0.15, -0.1) is 0 Å². The summed E-state index contributed by atoms with van der Waals surface area (Å²) in [5, 5.41) is 0. The summed E-state index contributed by atoms with van der Waals surface area (Å²) >= 11 is 4.23. The average Bonchev–Trinajstić information content (AvgIpc) is 2.11. The van der Waals surface area contributed by atoms with Crippen molar-refractivity contribution in [2.45, 2.75) is 38.1 Å². The second-order valence-corrected chi connectivity index (χ2v) is 4.41. The summed E-state index contributed by atoms with van der Waals surface area (Å²) in [6.45, 7) is 3.66. The summed E-state index contributed by atoms with van der Waals surface area (Å²) in [7, 11) is 0. The summed E-state index contributed by atoms with van der Waals surface area (Å²) in [6, 6.07) is 0.443. The Balaban J connectivity index is 2.20. The molecule has 0 amide bonds. The van der Waals surface area contributed by atoms with Crippen LogP contribution in [-0.4, -0.2) is 36.3 Å². The van der Waals surface area contributed by atoms with Gasteiger partial charge >= 0.3 is 0 Å². The molecule has 0 aromatic rings. The van der Waals surface area contributed by atoms with Crippen LogP contribution in [0, 0.1) is 0 Å². The van der Waals surface area contributed by atoms with E-state index in [0.717, 1.165) is 5.75 Å². The fraction of sp³-hybridized carbons (Fsp3) is 1.00.